The largest absolute Gasteiger partial charge is 0.528 e. The Morgan fingerprint density at radius 2 is 0.893 bits per heavy atom. The van der Waals surface area contributed by atoms with Gasteiger partial charge in [-0.25, -0.2) is 9.59 Å². The zero-order valence-corrected chi connectivity index (χ0v) is 18.9. The molecule has 0 saturated carbocycles. The molecule has 0 aromatic rings. The fraction of sp³-hybridized carbons (Fsp3) is 0.500. The van der Waals surface area contributed by atoms with E-state index >= 15 is 0 Å². The molecule has 0 fully saturated rings. The molecule has 0 aliphatic carbocycles. The van der Waals surface area contributed by atoms with Crippen molar-refractivity contribution in [2.24, 2.45) is 0 Å². The van der Waals surface area contributed by atoms with Crippen LogP contribution in [-0.4, -0.2) is 82.4 Å². The Morgan fingerprint density at radius 3 is 1.07 bits per heavy atom. The lowest BCUT2D eigenvalue weighted by Gasteiger charge is -2.20. The molecule has 12 heteroatoms. The molecule has 28 heavy (non-hydrogen) atoms. The Hall–Kier alpha value is -1.65. The van der Waals surface area contributed by atoms with Gasteiger partial charge in [-0.15, -0.1) is 0 Å². The summed E-state index contributed by atoms with van der Waals surface area (Å²) >= 11 is 0. The van der Waals surface area contributed by atoms with E-state index in [1.165, 1.54) is 66.2 Å². The molecular weight excluding hydrogens is 408 g/mol. The normalized spacial score (nSPS) is 13.9. The Kier molecular flexibility index (Phi) is 12.0. The minimum atomic E-state index is -3.05. The summed E-state index contributed by atoms with van der Waals surface area (Å²) < 4.78 is 31.2. The van der Waals surface area contributed by atoms with Gasteiger partial charge >= 0.3 is 29.5 Å². The number of hydrogen-bond acceptors (Lipinski definition) is 8. The zero-order valence-electron chi connectivity index (χ0n) is 16.9. The van der Waals surface area contributed by atoms with Crippen molar-refractivity contribution in [2.75, 3.05) is 42.7 Å². The third kappa shape index (κ3) is 7.40. The Balaban J connectivity index is 5.72. The third-order valence-electron chi connectivity index (χ3n) is 3.88. The van der Waals surface area contributed by atoms with E-state index < -0.39 is 29.5 Å². The van der Waals surface area contributed by atoms with Crippen molar-refractivity contribution in [1.29, 1.82) is 0 Å². The minimum absolute atomic E-state index is 0.156. The van der Waals surface area contributed by atoms with Crippen molar-refractivity contribution >= 4 is 29.5 Å². The maximum Gasteiger partial charge on any atom is 0.528 e. The number of carboxylic acids is 2. The molecule has 2 N–H and O–H groups in total. The molecule has 0 unspecified atom stereocenters. The standard InChI is InChI=1S/C16H28O10Si2/c1-21-27(22-2,23-3)11-7-9-13(15(17)18)14(16(19)20)10-8-12-28(24-4,25-5)26-6/h7-8,11-12H,9-10H2,1-6H3,(H,17,18)(H,19,20)/b11-7?,12-8?,14-13-. The lowest BCUT2D eigenvalue weighted by Crippen LogP contribution is -2.41. The zero-order chi connectivity index (χ0) is 21.8. The van der Waals surface area contributed by atoms with Crippen molar-refractivity contribution in [3.8, 4) is 0 Å². The van der Waals surface area contributed by atoms with E-state index in [1.54, 1.807) is 0 Å². The smallest absolute Gasteiger partial charge is 0.478 e. The summed E-state index contributed by atoms with van der Waals surface area (Å²) in [6, 6.07) is 0. The van der Waals surface area contributed by atoms with Crippen LogP contribution in [0.25, 0.3) is 0 Å². The summed E-state index contributed by atoms with van der Waals surface area (Å²) in [5, 5.41) is 18.9. The van der Waals surface area contributed by atoms with Crippen LogP contribution in [0.15, 0.2) is 34.7 Å². The average molecular weight is 437 g/mol. The Morgan fingerprint density at radius 1 is 0.643 bits per heavy atom. The second-order valence-corrected chi connectivity index (χ2v) is 10.7. The topological polar surface area (TPSA) is 130 Å². The predicted molar refractivity (Wildman–Crippen MR) is 103 cm³/mol. The van der Waals surface area contributed by atoms with Gasteiger partial charge < -0.3 is 36.8 Å². The van der Waals surface area contributed by atoms with Crippen LogP contribution < -0.4 is 0 Å². The van der Waals surface area contributed by atoms with Crippen molar-refractivity contribution in [2.45, 2.75) is 12.8 Å². The molecule has 0 aliphatic heterocycles. The van der Waals surface area contributed by atoms with E-state index in [9.17, 15) is 19.8 Å². The molecule has 0 bridgehead atoms. The summed E-state index contributed by atoms with van der Waals surface area (Å²) in [5.41, 5.74) is 2.42. The minimum Gasteiger partial charge on any atom is -0.478 e. The summed E-state index contributed by atoms with van der Waals surface area (Å²) in [7, 11) is 2.34. The molecule has 0 aromatic heterocycles. The van der Waals surface area contributed by atoms with Crippen molar-refractivity contribution in [1.82, 2.24) is 0 Å². The van der Waals surface area contributed by atoms with Gasteiger partial charge in [0.05, 0.1) is 11.1 Å². The molecule has 10 nitrogen and oxygen atoms in total. The molecule has 0 rings (SSSR count). The fourth-order valence-electron chi connectivity index (χ4n) is 2.23. The molecule has 0 aliphatic rings. The first-order valence-corrected chi connectivity index (χ1v) is 11.7. The van der Waals surface area contributed by atoms with Crippen molar-refractivity contribution in [3.63, 3.8) is 0 Å². The van der Waals surface area contributed by atoms with E-state index in [1.807, 2.05) is 0 Å². The second-order valence-electron chi connectivity index (χ2n) is 5.21. The van der Waals surface area contributed by atoms with Gasteiger partial charge in [-0.1, -0.05) is 12.2 Å². The van der Waals surface area contributed by atoms with Crippen molar-refractivity contribution < 1.29 is 46.4 Å². The van der Waals surface area contributed by atoms with Crippen LogP contribution in [0.1, 0.15) is 12.8 Å². The molecule has 160 valence electrons. The molecule has 0 saturated heterocycles. The van der Waals surface area contributed by atoms with Gasteiger partial charge in [0.25, 0.3) is 0 Å². The molecular formula is C16H28O10Si2. The van der Waals surface area contributed by atoms with E-state index in [0.29, 0.717) is 0 Å². The van der Waals surface area contributed by atoms with Gasteiger partial charge in [0.1, 0.15) is 0 Å². The highest BCUT2D eigenvalue weighted by atomic mass is 28.4. The van der Waals surface area contributed by atoms with Gasteiger partial charge in [0.2, 0.25) is 0 Å². The molecule has 0 spiro atoms. The highest BCUT2D eigenvalue weighted by molar-refractivity contribution is 6.66. The SMILES string of the molecule is CO[Si](C=CC/C(C(=O)O)=C(\CC=C[Si](OC)(OC)OC)C(=O)O)(OC)OC. The van der Waals surface area contributed by atoms with Gasteiger partial charge in [0, 0.05) is 42.7 Å². The highest BCUT2D eigenvalue weighted by Gasteiger charge is 2.35. The fourth-order valence-corrected chi connectivity index (χ4v) is 4.86. The lowest BCUT2D eigenvalue weighted by atomic mass is 10.0. The van der Waals surface area contributed by atoms with E-state index in [0.717, 1.165) is 0 Å². The van der Waals surface area contributed by atoms with Gasteiger partial charge in [0.15, 0.2) is 0 Å². The lowest BCUT2D eigenvalue weighted by molar-refractivity contribution is -0.136. The first kappa shape index (κ1) is 26.4. The summed E-state index contributed by atoms with van der Waals surface area (Å²) in [6.45, 7) is 0. The average Bonchev–Trinajstić information content (AvgIpc) is 2.70. The van der Waals surface area contributed by atoms with E-state index in [2.05, 4.69) is 0 Å². The first-order chi connectivity index (χ1) is 13.2. The number of hydrogen-bond donors (Lipinski definition) is 2. The Bertz CT molecular complexity index is 538. The summed E-state index contributed by atoms with van der Waals surface area (Å²) in [6.07, 6.45) is 2.60. The number of aliphatic carboxylic acids is 2. The predicted octanol–water partition coefficient (Wildman–Crippen LogP) is 1.18. The van der Waals surface area contributed by atoms with Crippen LogP contribution in [0.5, 0.6) is 0 Å². The van der Waals surface area contributed by atoms with Gasteiger partial charge in [-0.2, -0.15) is 0 Å². The van der Waals surface area contributed by atoms with Crippen molar-refractivity contribution in [3.05, 3.63) is 34.7 Å². The first-order valence-electron chi connectivity index (χ1n) is 8.05. The number of carboxylic acid groups (broad SMARTS) is 2. The monoisotopic (exact) mass is 436 g/mol. The summed E-state index contributed by atoms with van der Waals surface area (Å²) in [5.74, 6) is -2.69. The maximum atomic E-state index is 11.6. The highest BCUT2D eigenvalue weighted by Crippen LogP contribution is 2.18. The quantitative estimate of drug-likeness (QED) is 0.302. The van der Waals surface area contributed by atoms with Crippen LogP contribution in [0, 0.1) is 0 Å². The molecule has 0 atom stereocenters. The van der Waals surface area contributed by atoms with Gasteiger partial charge in [-0.3, -0.25) is 0 Å². The maximum absolute atomic E-state index is 11.6. The molecule has 0 radical (unpaired) electrons. The summed E-state index contributed by atoms with van der Waals surface area (Å²) in [4.78, 5) is 23.2. The second kappa shape index (κ2) is 12.7. The molecule has 0 amide bonds. The van der Waals surface area contributed by atoms with E-state index in [4.69, 9.17) is 26.6 Å². The number of carbonyl (C=O) groups is 2. The van der Waals surface area contributed by atoms with Crippen LogP contribution in [0.4, 0.5) is 0 Å². The van der Waals surface area contributed by atoms with Gasteiger partial charge in [-0.05, 0) is 24.2 Å². The number of allylic oxidation sites excluding steroid dienone is 2. The van der Waals surface area contributed by atoms with Crippen LogP contribution >= 0.6 is 0 Å². The van der Waals surface area contributed by atoms with Crippen LogP contribution in [-0.2, 0) is 36.1 Å². The van der Waals surface area contributed by atoms with Crippen LogP contribution in [0.3, 0.4) is 0 Å². The Labute approximate surface area is 166 Å². The van der Waals surface area contributed by atoms with E-state index in [-0.39, 0.29) is 24.0 Å². The molecule has 0 aromatic carbocycles. The number of rotatable bonds is 14. The van der Waals surface area contributed by atoms with Crippen LogP contribution in [0.2, 0.25) is 0 Å². The third-order valence-corrected chi connectivity index (χ3v) is 8.58. The molecule has 0 heterocycles.